The van der Waals surface area contributed by atoms with Crippen LogP contribution in [-0.4, -0.2) is 11.1 Å². The second-order valence-corrected chi connectivity index (χ2v) is 4.02. The van der Waals surface area contributed by atoms with Gasteiger partial charge in [-0.1, -0.05) is 35.0 Å². The van der Waals surface area contributed by atoms with Crippen LogP contribution in [0.2, 0.25) is 0 Å². The van der Waals surface area contributed by atoms with Gasteiger partial charge in [0.15, 0.2) is 0 Å². The summed E-state index contributed by atoms with van der Waals surface area (Å²) in [7, 11) is 0. The van der Waals surface area contributed by atoms with Gasteiger partial charge in [0.25, 0.3) is 0 Å². The van der Waals surface area contributed by atoms with Gasteiger partial charge in [0.05, 0.1) is 18.1 Å². The highest BCUT2D eigenvalue weighted by Crippen LogP contribution is 2.20. The fraction of sp³-hybridized carbons (Fsp3) is 0.333. The molecule has 1 N–H and O–H groups in total. The number of hydrogen-bond acceptors (Lipinski definition) is 2. The topological polar surface area (TPSA) is 61.1 Å². The van der Waals surface area contributed by atoms with Gasteiger partial charge in [-0.25, -0.2) is 0 Å². The zero-order chi connectivity index (χ0) is 12.1. The van der Waals surface area contributed by atoms with Gasteiger partial charge in [-0.05, 0) is 23.1 Å². The Morgan fingerprint density at radius 1 is 1.50 bits per heavy atom. The largest absolute Gasteiger partial charge is 0.481 e. The predicted octanol–water partition coefficient (Wildman–Crippen LogP) is 2.64. The Hall–Kier alpha value is -1.34. The Bertz CT molecular complexity index is 449. The highest BCUT2D eigenvalue weighted by atomic mass is 79.9. The number of alkyl halides is 1. The molecule has 0 spiro atoms. The molecule has 0 aromatic heterocycles. The summed E-state index contributed by atoms with van der Waals surface area (Å²) >= 11 is 3.34. The van der Waals surface area contributed by atoms with E-state index in [2.05, 4.69) is 22.0 Å². The maximum atomic E-state index is 10.7. The number of carboxylic acids is 1. The van der Waals surface area contributed by atoms with Crippen LogP contribution < -0.4 is 0 Å². The van der Waals surface area contributed by atoms with E-state index in [0.29, 0.717) is 16.5 Å². The van der Waals surface area contributed by atoms with Crippen LogP contribution in [-0.2, 0) is 23.0 Å². The third-order valence-corrected chi connectivity index (χ3v) is 3.00. The quantitative estimate of drug-likeness (QED) is 0.863. The molecule has 0 unspecified atom stereocenters. The molecular formula is C12H12BrNO2. The number of carboxylic acid groups (broad SMARTS) is 1. The Kier molecular flexibility index (Phi) is 4.51. The molecule has 84 valence electrons. The minimum Gasteiger partial charge on any atom is -0.481 e. The highest BCUT2D eigenvalue weighted by Gasteiger charge is 2.12. The molecule has 16 heavy (non-hydrogen) atoms. The van der Waals surface area contributed by atoms with Gasteiger partial charge in [0.2, 0.25) is 0 Å². The van der Waals surface area contributed by atoms with E-state index in [1.54, 1.807) is 6.07 Å². The van der Waals surface area contributed by atoms with Crippen LogP contribution in [0, 0.1) is 11.3 Å². The van der Waals surface area contributed by atoms with Crippen molar-refractivity contribution in [2.75, 3.05) is 0 Å². The molecule has 1 aromatic rings. The molecule has 0 aliphatic heterocycles. The third-order valence-electron chi connectivity index (χ3n) is 2.35. The molecule has 0 saturated heterocycles. The molecule has 0 amide bonds. The van der Waals surface area contributed by atoms with Crippen LogP contribution in [0.5, 0.6) is 0 Å². The van der Waals surface area contributed by atoms with Crippen molar-refractivity contribution in [2.24, 2.45) is 0 Å². The van der Waals surface area contributed by atoms with Crippen molar-refractivity contribution >= 4 is 21.9 Å². The van der Waals surface area contributed by atoms with Crippen LogP contribution in [0.25, 0.3) is 0 Å². The number of carbonyl (C=O) groups is 1. The van der Waals surface area contributed by atoms with Gasteiger partial charge in [-0.15, -0.1) is 0 Å². The average molecular weight is 282 g/mol. The second-order valence-electron chi connectivity index (χ2n) is 3.46. The molecule has 3 nitrogen and oxygen atoms in total. The summed E-state index contributed by atoms with van der Waals surface area (Å²) in [5.41, 5.74) is 3.03. The molecule has 1 aromatic carbocycles. The van der Waals surface area contributed by atoms with E-state index in [0.717, 1.165) is 17.5 Å². The minimum atomic E-state index is -0.912. The van der Waals surface area contributed by atoms with Gasteiger partial charge in [0.1, 0.15) is 0 Å². The second kappa shape index (κ2) is 5.66. The van der Waals surface area contributed by atoms with E-state index >= 15 is 0 Å². The van der Waals surface area contributed by atoms with Crippen molar-refractivity contribution < 1.29 is 9.90 Å². The van der Waals surface area contributed by atoms with Crippen molar-refractivity contribution in [3.05, 3.63) is 34.4 Å². The first-order chi connectivity index (χ1) is 7.62. The number of nitriles is 1. The number of benzene rings is 1. The Morgan fingerprint density at radius 2 is 2.12 bits per heavy atom. The Labute approximate surface area is 103 Å². The summed E-state index contributed by atoms with van der Waals surface area (Å²) in [4.78, 5) is 10.7. The van der Waals surface area contributed by atoms with Crippen molar-refractivity contribution in [3.8, 4) is 6.07 Å². The minimum absolute atomic E-state index is 0.100. The normalized spacial score (nSPS) is 9.81. The standard InChI is InChI=1S/C12H12BrNO2/c1-2-9-3-8(6-13)4-10(5-12(15)16)11(9)7-14/h3-4H,2,5-6H2,1H3,(H,15,16). The van der Waals surface area contributed by atoms with Crippen molar-refractivity contribution in [3.63, 3.8) is 0 Å². The summed E-state index contributed by atoms with van der Waals surface area (Å²) < 4.78 is 0. The van der Waals surface area contributed by atoms with E-state index in [1.807, 2.05) is 13.0 Å². The summed E-state index contributed by atoms with van der Waals surface area (Å²) in [6.45, 7) is 1.96. The van der Waals surface area contributed by atoms with Gasteiger partial charge < -0.3 is 5.11 Å². The molecule has 1 rings (SSSR count). The van der Waals surface area contributed by atoms with Gasteiger partial charge in [-0.2, -0.15) is 5.26 Å². The van der Waals surface area contributed by atoms with Crippen molar-refractivity contribution in [2.45, 2.75) is 25.1 Å². The fourth-order valence-corrected chi connectivity index (χ4v) is 1.97. The number of aliphatic carboxylic acids is 1. The maximum absolute atomic E-state index is 10.7. The lowest BCUT2D eigenvalue weighted by Gasteiger charge is -2.09. The molecule has 0 atom stereocenters. The predicted molar refractivity (Wildman–Crippen MR) is 64.5 cm³/mol. The van der Waals surface area contributed by atoms with E-state index < -0.39 is 5.97 Å². The third kappa shape index (κ3) is 2.83. The molecule has 0 aliphatic carbocycles. The number of aryl methyl sites for hydroxylation is 1. The van der Waals surface area contributed by atoms with Gasteiger partial charge in [0, 0.05) is 5.33 Å². The number of rotatable bonds is 4. The molecule has 0 bridgehead atoms. The summed E-state index contributed by atoms with van der Waals surface area (Å²) in [5.74, 6) is -0.912. The van der Waals surface area contributed by atoms with Gasteiger partial charge >= 0.3 is 5.97 Å². The van der Waals surface area contributed by atoms with E-state index in [9.17, 15) is 4.79 Å². The molecule has 0 aliphatic rings. The van der Waals surface area contributed by atoms with E-state index in [-0.39, 0.29) is 6.42 Å². The van der Waals surface area contributed by atoms with Gasteiger partial charge in [-0.3, -0.25) is 4.79 Å². The van der Waals surface area contributed by atoms with Crippen molar-refractivity contribution in [1.82, 2.24) is 0 Å². The summed E-state index contributed by atoms with van der Waals surface area (Å²) in [6.07, 6.45) is 0.632. The Morgan fingerprint density at radius 3 is 2.56 bits per heavy atom. The SMILES string of the molecule is CCc1cc(CBr)cc(CC(=O)O)c1C#N. The van der Waals surface area contributed by atoms with Crippen molar-refractivity contribution in [1.29, 1.82) is 5.26 Å². The van der Waals surface area contributed by atoms with Crippen LogP contribution >= 0.6 is 15.9 Å². The first kappa shape index (κ1) is 12.7. The summed E-state index contributed by atoms with van der Waals surface area (Å²) in [6, 6.07) is 5.81. The van der Waals surface area contributed by atoms with Crippen LogP contribution in [0.4, 0.5) is 0 Å². The lowest BCUT2D eigenvalue weighted by Crippen LogP contribution is -2.05. The first-order valence-corrected chi connectivity index (χ1v) is 6.07. The first-order valence-electron chi connectivity index (χ1n) is 4.94. The molecule has 0 heterocycles. The maximum Gasteiger partial charge on any atom is 0.307 e. The molecule has 0 saturated carbocycles. The fourth-order valence-electron chi connectivity index (χ4n) is 1.64. The zero-order valence-electron chi connectivity index (χ0n) is 8.96. The van der Waals surface area contributed by atoms with E-state index in [1.165, 1.54) is 0 Å². The average Bonchev–Trinajstić information content (AvgIpc) is 2.27. The number of halogens is 1. The Balaban J connectivity index is 3.32. The lowest BCUT2D eigenvalue weighted by atomic mass is 9.95. The van der Waals surface area contributed by atoms with Crippen LogP contribution in [0.15, 0.2) is 12.1 Å². The van der Waals surface area contributed by atoms with E-state index in [4.69, 9.17) is 10.4 Å². The number of nitrogens with zero attached hydrogens (tertiary/aromatic N) is 1. The molecule has 0 radical (unpaired) electrons. The molecule has 4 heteroatoms. The summed E-state index contributed by atoms with van der Waals surface area (Å²) in [5, 5.41) is 18.5. The lowest BCUT2D eigenvalue weighted by molar-refractivity contribution is -0.136. The monoisotopic (exact) mass is 281 g/mol. The highest BCUT2D eigenvalue weighted by molar-refractivity contribution is 9.08. The number of hydrogen-bond donors (Lipinski definition) is 1. The van der Waals surface area contributed by atoms with Crippen LogP contribution in [0.1, 0.15) is 29.2 Å². The van der Waals surface area contributed by atoms with Crippen LogP contribution in [0.3, 0.4) is 0 Å². The molecule has 0 fully saturated rings. The molecular weight excluding hydrogens is 270 g/mol. The smallest absolute Gasteiger partial charge is 0.307 e. The zero-order valence-corrected chi connectivity index (χ0v) is 10.5.